The molecule has 3 unspecified atom stereocenters. The van der Waals surface area contributed by atoms with Crippen LogP contribution in [-0.2, 0) is 9.84 Å². The quantitative estimate of drug-likeness (QED) is 0.568. The number of hydrogen-bond donors (Lipinski definition) is 2. The van der Waals surface area contributed by atoms with Crippen molar-refractivity contribution >= 4 is 15.8 Å². The first-order chi connectivity index (χ1) is 11.3. The largest absolute Gasteiger partial charge is 0.354 e. The minimum Gasteiger partial charge on any atom is -0.354 e. The molecule has 0 aromatic heterocycles. The number of nitrogens with zero attached hydrogens (tertiary/aromatic N) is 2. The first kappa shape index (κ1) is 18.0. The van der Waals surface area contributed by atoms with E-state index in [4.69, 9.17) is 4.99 Å². The molecule has 7 heteroatoms. The molecule has 0 bridgehead atoms. The van der Waals surface area contributed by atoms with Gasteiger partial charge in [0, 0.05) is 37.3 Å². The normalized spacial score (nSPS) is 34.0. The summed E-state index contributed by atoms with van der Waals surface area (Å²) in [6.07, 6.45) is 4.58. The molecule has 2 aliphatic heterocycles. The summed E-state index contributed by atoms with van der Waals surface area (Å²) in [7, 11) is -2.82. The second-order valence-electron chi connectivity index (χ2n) is 8.11. The summed E-state index contributed by atoms with van der Waals surface area (Å²) in [5, 5.41) is 6.98. The van der Waals surface area contributed by atoms with E-state index in [1.807, 2.05) is 0 Å². The maximum atomic E-state index is 11.6. The summed E-state index contributed by atoms with van der Waals surface area (Å²) >= 11 is 0. The molecule has 0 radical (unpaired) electrons. The van der Waals surface area contributed by atoms with Crippen molar-refractivity contribution in [2.75, 3.05) is 24.6 Å². The number of hydrogen-bond acceptors (Lipinski definition) is 4. The Labute approximate surface area is 146 Å². The van der Waals surface area contributed by atoms with Gasteiger partial charge in [0.1, 0.15) is 0 Å². The standard InChI is InChI=1S/C17H32N4O2S/c1-12(2)19-17(18-9-14-6-7-24(22,23)11-14)20-15-8-13(3)21(10-15)16-4-5-16/h12-16H,4-11H2,1-3H3,(H2,18,19,20). The molecule has 2 saturated heterocycles. The van der Waals surface area contributed by atoms with E-state index in [0.717, 1.165) is 31.4 Å². The van der Waals surface area contributed by atoms with Gasteiger partial charge in [0.05, 0.1) is 11.5 Å². The zero-order valence-electron chi connectivity index (χ0n) is 15.2. The third kappa shape index (κ3) is 4.85. The molecule has 0 spiro atoms. The van der Waals surface area contributed by atoms with Crippen molar-refractivity contribution in [3.63, 3.8) is 0 Å². The molecule has 0 aromatic carbocycles. The Kier molecular flexibility index (Phi) is 5.39. The van der Waals surface area contributed by atoms with Crippen LogP contribution in [0.3, 0.4) is 0 Å². The first-order valence-corrected chi connectivity index (χ1v) is 11.2. The van der Waals surface area contributed by atoms with Crippen molar-refractivity contribution in [1.29, 1.82) is 0 Å². The Hall–Kier alpha value is -0.820. The minimum absolute atomic E-state index is 0.172. The molecule has 3 atom stereocenters. The summed E-state index contributed by atoms with van der Waals surface area (Å²) in [6.45, 7) is 8.20. The Morgan fingerprint density at radius 2 is 2.04 bits per heavy atom. The van der Waals surface area contributed by atoms with Gasteiger partial charge < -0.3 is 10.6 Å². The van der Waals surface area contributed by atoms with E-state index >= 15 is 0 Å². The topological polar surface area (TPSA) is 73.8 Å². The summed E-state index contributed by atoms with van der Waals surface area (Å²) in [4.78, 5) is 7.32. The van der Waals surface area contributed by atoms with Gasteiger partial charge in [-0.15, -0.1) is 0 Å². The summed E-state index contributed by atoms with van der Waals surface area (Å²) in [5.41, 5.74) is 0. The molecule has 2 heterocycles. The van der Waals surface area contributed by atoms with Crippen LogP contribution in [0.15, 0.2) is 4.99 Å². The predicted octanol–water partition coefficient (Wildman–Crippen LogP) is 0.990. The highest BCUT2D eigenvalue weighted by atomic mass is 32.2. The van der Waals surface area contributed by atoms with Crippen LogP contribution < -0.4 is 10.6 Å². The number of nitrogens with one attached hydrogen (secondary N) is 2. The average molecular weight is 357 g/mol. The molecule has 0 aromatic rings. The van der Waals surface area contributed by atoms with Crippen LogP contribution >= 0.6 is 0 Å². The Morgan fingerprint density at radius 3 is 2.62 bits per heavy atom. The highest BCUT2D eigenvalue weighted by Crippen LogP contribution is 2.33. The molecule has 2 N–H and O–H groups in total. The van der Waals surface area contributed by atoms with Gasteiger partial charge in [-0.2, -0.15) is 0 Å². The molecule has 24 heavy (non-hydrogen) atoms. The number of likely N-dealkylation sites (tertiary alicyclic amines) is 1. The predicted molar refractivity (Wildman–Crippen MR) is 98.1 cm³/mol. The lowest BCUT2D eigenvalue weighted by Crippen LogP contribution is -2.47. The van der Waals surface area contributed by atoms with Crippen molar-refractivity contribution in [3.8, 4) is 0 Å². The monoisotopic (exact) mass is 356 g/mol. The lowest BCUT2D eigenvalue weighted by atomic mass is 10.1. The van der Waals surface area contributed by atoms with E-state index in [-0.39, 0.29) is 5.92 Å². The smallest absolute Gasteiger partial charge is 0.191 e. The van der Waals surface area contributed by atoms with Gasteiger partial charge in [-0.05, 0) is 52.4 Å². The van der Waals surface area contributed by atoms with Crippen LogP contribution in [0.25, 0.3) is 0 Å². The van der Waals surface area contributed by atoms with Crippen molar-refractivity contribution in [2.24, 2.45) is 10.9 Å². The molecule has 3 rings (SSSR count). The molecule has 1 aliphatic carbocycles. The highest BCUT2D eigenvalue weighted by molar-refractivity contribution is 7.91. The molecule has 3 fully saturated rings. The van der Waals surface area contributed by atoms with Gasteiger partial charge in [0.15, 0.2) is 15.8 Å². The molecular formula is C17H32N4O2S. The summed E-state index contributed by atoms with van der Waals surface area (Å²) in [5.74, 6) is 1.63. The Balaban J connectivity index is 1.56. The van der Waals surface area contributed by atoms with E-state index in [9.17, 15) is 8.42 Å². The van der Waals surface area contributed by atoms with Gasteiger partial charge >= 0.3 is 0 Å². The lowest BCUT2D eigenvalue weighted by Gasteiger charge is -2.21. The average Bonchev–Trinajstić information content (AvgIpc) is 3.17. The van der Waals surface area contributed by atoms with Crippen LogP contribution in [0.2, 0.25) is 0 Å². The fraction of sp³-hybridized carbons (Fsp3) is 0.941. The van der Waals surface area contributed by atoms with E-state index < -0.39 is 9.84 Å². The first-order valence-electron chi connectivity index (χ1n) is 9.36. The molecule has 138 valence electrons. The third-order valence-corrected chi connectivity index (χ3v) is 7.08. The highest BCUT2D eigenvalue weighted by Gasteiger charge is 2.39. The SMILES string of the molecule is CC(C)NC(=NCC1CCS(=O)(=O)C1)NC1CC(C)N(C2CC2)C1. The maximum absolute atomic E-state index is 11.6. The van der Waals surface area contributed by atoms with Gasteiger partial charge in [-0.3, -0.25) is 9.89 Å². The second-order valence-corrected chi connectivity index (χ2v) is 10.3. The fourth-order valence-corrected chi connectivity index (χ4v) is 5.76. The number of rotatable bonds is 5. The van der Waals surface area contributed by atoms with E-state index in [0.29, 0.717) is 36.2 Å². The van der Waals surface area contributed by atoms with Crippen molar-refractivity contribution in [1.82, 2.24) is 15.5 Å². The molecule has 0 amide bonds. The Morgan fingerprint density at radius 1 is 1.29 bits per heavy atom. The van der Waals surface area contributed by atoms with E-state index in [1.54, 1.807) is 0 Å². The molecule has 1 saturated carbocycles. The zero-order chi connectivity index (χ0) is 17.3. The van der Waals surface area contributed by atoms with Gasteiger partial charge in [-0.1, -0.05) is 0 Å². The minimum atomic E-state index is -2.82. The number of aliphatic imine (C=N–C) groups is 1. The summed E-state index contributed by atoms with van der Waals surface area (Å²) in [6, 6.07) is 2.17. The van der Waals surface area contributed by atoms with E-state index in [2.05, 4.69) is 36.3 Å². The fourth-order valence-electron chi connectivity index (χ4n) is 3.91. The van der Waals surface area contributed by atoms with Crippen LogP contribution in [0.4, 0.5) is 0 Å². The van der Waals surface area contributed by atoms with E-state index in [1.165, 1.54) is 12.8 Å². The lowest BCUT2D eigenvalue weighted by molar-refractivity contribution is 0.256. The van der Waals surface area contributed by atoms with Crippen molar-refractivity contribution < 1.29 is 8.42 Å². The molecular weight excluding hydrogens is 324 g/mol. The number of guanidine groups is 1. The second kappa shape index (κ2) is 7.20. The summed E-state index contributed by atoms with van der Waals surface area (Å²) < 4.78 is 23.2. The maximum Gasteiger partial charge on any atom is 0.191 e. The van der Waals surface area contributed by atoms with Gasteiger partial charge in [0.25, 0.3) is 0 Å². The van der Waals surface area contributed by atoms with Gasteiger partial charge in [0.2, 0.25) is 0 Å². The van der Waals surface area contributed by atoms with Gasteiger partial charge in [-0.25, -0.2) is 8.42 Å². The number of sulfone groups is 1. The van der Waals surface area contributed by atoms with Crippen molar-refractivity contribution in [2.45, 2.75) is 70.6 Å². The molecule has 6 nitrogen and oxygen atoms in total. The zero-order valence-corrected chi connectivity index (χ0v) is 16.0. The van der Waals surface area contributed by atoms with Crippen LogP contribution in [0.5, 0.6) is 0 Å². The van der Waals surface area contributed by atoms with Crippen LogP contribution in [0.1, 0.15) is 46.5 Å². The Bertz CT molecular complexity index is 571. The molecule has 3 aliphatic rings. The third-order valence-electron chi connectivity index (χ3n) is 5.24. The van der Waals surface area contributed by atoms with Crippen molar-refractivity contribution in [3.05, 3.63) is 0 Å². The van der Waals surface area contributed by atoms with Crippen LogP contribution in [0, 0.1) is 5.92 Å². The van der Waals surface area contributed by atoms with Crippen LogP contribution in [-0.4, -0.2) is 68.0 Å².